The molecule has 19 heavy (non-hydrogen) atoms. The van der Waals surface area contributed by atoms with Crippen LogP contribution in [0.2, 0.25) is 0 Å². The molecule has 1 aromatic carbocycles. The second-order valence-electron chi connectivity index (χ2n) is 4.84. The highest BCUT2D eigenvalue weighted by Crippen LogP contribution is 2.42. The number of fused-ring (bicyclic) bond motifs is 2. The number of ether oxygens (including phenoxy) is 3. The molecule has 4 rings (SSSR count). The zero-order chi connectivity index (χ0) is 13.4. The summed E-state index contributed by atoms with van der Waals surface area (Å²) in [6.45, 7) is 0. The van der Waals surface area contributed by atoms with Crippen molar-refractivity contribution in [2.24, 2.45) is 5.92 Å². The van der Waals surface area contributed by atoms with Crippen molar-refractivity contribution in [1.82, 2.24) is 0 Å². The summed E-state index contributed by atoms with van der Waals surface area (Å²) in [7, 11) is 3.23. The summed E-state index contributed by atoms with van der Waals surface area (Å²) in [6.07, 6.45) is 4.68. The third-order valence-electron chi connectivity index (χ3n) is 3.83. The summed E-state index contributed by atoms with van der Waals surface area (Å²) in [5.41, 5.74) is 1.09. The highest BCUT2D eigenvalue weighted by atomic mass is 16.5. The predicted molar refractivity (Wildman–Crippen MR) is 69.4 cm³/mol. The van der Waals surface area contributed by atoms with Crippen molar-refractivity contribution >= 4 is 5.97 Å². The van der Waals surface area contributed by atoms with Gasteiger partial charge in [-0.3, -0.25) is 4.79 Å². The van der Waals surface area contributed by atoms with Crippen LogP contribution in [0.3, 0.4) is 0 Å². The van der Waals surface area contributed by atoms with Crippen molar-refractivity contribution < 1.29 is 19.0 Å². The van der Waals surface area contributed by atoms with Gasteiger partial charge in [0.2, 0.25) is 0 Å². The van der Waals surface area contributed by atoms with Gasteiger partial charge in [-0.05, 0) is 30.2 Å². The SMILES string of the molecule is COc1ccc([C@H]2C[C@H]3C=C[C@@H]2C(=O)O3)cc1OC. The molecule has 0 unspecified atom stereocenters. The van der Waals surface area contributed by atoms with Crippen LogP contribution >= 0.6 is 0 Å². The number of methoxy groups -OCH3 is 2. The third kappa shape index (κ3) is 1.97. The van der Waals surface area contributed by atoms with Crippen LogP contribution in [0.25, 0.3) is 0 Å². The molecule has 0 amide bonds. The third-order valence-corrected chi connectivity index (χ3v) is 3.83. The van der Waals surface area contributed by atoms with Crippen LogP contribution in [0.15, 0.2) is 30.4 Å². The summed E-state index contributed by atoms with van der Waals surface area (Å²) < 4.78 is 15.8. The highest BCUT2D eigenvalue weighted by molar-refractivity contribution is 5.78. The molecule has 0 radical (unpaired) electrons. The number of hydrogen-bond acceptors (Lipinski definition) is 4. The maximum Gasteiger partial charge on any atom is 0.314 e. The zero-order valence-electron chi connectivity index (χ0n) is 11.0. The van der Waals surface area contributed by atoms with Gasteiger partial charge in [0.1, 0.15) is 6.10 Å². The predicted octanol–water partition coefficient (Wildman–Crippen LogP) is 2.29. The number of carbonyl (C=O) groups is 1. The molecule has 1 aliphatic carbocycles. The Labute approximate surface area is 112 Å². The minimum absolute atomic E-state index is 0.0874. The van der Waals surface area contributed by atoms with Gasteiger partial charge in [-0.2, -0.15) is 0 Å². The lowest BCUT2D eigenvalue weighted by molar-refractivity contribution is -0.158. The van der Waals surface area contributed by atoms with E-state index in [0.717, 1.165) is 12.0 Å². The molecular weight excluding hydrogens is 244 g/mol. The molecule has 0 saturated carbocycles. The Morgan fingerprint density at radius 2 is 1.95 bits per heavy atom. The van der Waals surface area contributed by atoms with Crippen LogP contribution in [-0.4, -0.2) is 26.3 Å². The summed E-state index contributed by atoms with van der Waals surface area (Å²) in [4.78, 5) is 11.8. The van der Waals surface area contributed by atoms with E-state index in [2.05, 4.69) is 0 Å². The van der Waals surface area contributed by atoms with Crippen LogP contribution in [0.1, 0.15) is 17.9 Å². The van der Waals surface area contributed by atoms with Gasteiger partial charge in [0, 0.05) is 5.92 Å². The average molecular weight is 260 g/mol. The number of esters is 1. The Kier molecular flexibility index (Phi) is 2.93. The molecule has 2 heterocycles. The fourth-order valence-electron chi connectivity index (χ4n) is 2.84. The summed E-state index contributed by atoms with van der Waals surface area (Å²) in [5.74, 6) is 1.25. The van der Waals surface area contributed by atoms with Gasteiger partial charge < -0.3 is 14.2 Å². The van der Waals surface area contributed by atoms with Crippen LogP contribution in [0.5, 0.6) is 11.5 Å². The molecule has 1 saturated heterocycles. The number of carbonyl (C=O) groups excluding carboxylic acids is 1. The van der Waals surface area contributed by atoms with Crippen LogP contribution in [0.4, 0.5) is 0 Å². The van der Waals surface area contributed by atoms with E-state index in [1.165, 1.54) is 0 Å². The standard InChI is InChI=1S/C15H16O4/c1-17-13-6-3-9(7-14(13)18-2)12-8-10-4-5-11(12)15(16)19-10/h3-7,10-12H,8H2,1-2H3/t10-,11+,12-/m1/s1. The second kappa shape index (κ2) is 4.61. The largest absolute Gasteiger partial charge is 0.493 e. The molecule has 1 aromatic rings. The maximum absolute atomic E-state index is 11.8. The molecule has 2 bridgehead atoms. The molecule has 100 valence electrons. The lowest BCUT2D eigenvalue weighted by Gasteiger charge is -2.37. The van der Waals surface area contributed by atoms with Gasteiger partial charge in [0.25, 0.3) is 0 Å². The molecule has 1 fully saturated rings. The van der Waals surface area contributed by atoms with Crippen molar-refractivity contribution in [2.45, 2.75) is 18.4 Å². The van der Waals surface area contributed by atoms with E-state index in [-0.39, 0.29) is 23.9 Å². The molecule has 4 nitrogen and oxygen atoms in total. The molecule has 4 heteroatoms. The Hall–Kier alpha value is -1.97. The summed E-state index contributed by atoms with van der Waals surface area (Å²) >= 11 is 0. The highest BCUT2D eigenvalue weighted by Gasteiger charge is 2.40. The minimum atomic E-state index is -0.178. The van der Waals surface area contributed by atoms with Gasteiger partial charge in [0.15, 0.2) is 11.5 Å². The topological polar surface area (TPSA) is 44.8 Å². The first-order valence-electron chi connectivity index (χ1n) is 6.33. The number of benzene rings is 1. The van der Waals surface area contributed by atoms with E-state index in [1.807, 2.05) is 30.4 Å². The first kappa shape index (κ1) is 12.1. The number of rotatable bonds is 3. The fourth-order valence-corrected chi connectivity index (χ4v) is 2.84. The van der Waals surface area contributed by atoms with E-state index >= 15 is 0 Å². The molecule has 0 spiro atoms. The van der Waals surface area contributed by atoms with Gasteiger partial charge in [-0.15, -0.1) is 0 Å². The van der Waals surface area contributed by atoms with Crippen molar-refractivity contribution in [3.63, 3.8) is 0 Å². The van der Waals surface area contributed by atoms with Crippen LogP contribution in [-0.2, 0) is 9.53 Å². The van der Waals surface area contributed by atoms with E-state index in [1.54, 1.807) is 14.2 Å². The smallest absolute Gasteiger partial charge is 0.314 e. The maximum atomic E-state index is 11.8. The van der Waals surface area contributed by atoms with E-state index in [4.69, 9.17) is 14.2 Å². The summed E-state index contributed by atoms with van der Waals surface area (Å²) in [6, 6.07) is 5.82. The molecule has 2 aliphatic heterocycles. The average Bonchev–Trinajstić information content (AvgIpc) is 2.46. The Morgan fingerprint density at radius 3 is 2.58 bits per heavy atom. The van der Waals surface area contributed by atoms with Crippen molar-refractivity contribution in [1.29, 1.82) is 0 Å². The molecule has 3 aliphatic rings. The second-order valence-corrected chi connectivity index (χ2v) is 4.84. The van der Waals surface area contributed by atoms with Crippen molar-refractivity contribution in [3.05, 3.63) is 35.9 Å². The molecular formula is C15H16O4. The van der Waals surface area contributed by atoms with Crippen molar-refractivity contribution in [2.75, 3.05) is 14.2 Å². The van der Waals surface area contributed by atoms with E-state index in [0.29, 0.717) is 11.5 Å². The Bertz CT molecular complexity index is 535. The first-order chi connectivity index (χ1) is 9.22. The zero-order valence-corrected chi connectivity index (χ0v) is 11.0. The van der Waals surface area contributed by atoms with Crippen LogP contribution in [0, 0.1) is 5.92 Å². The normalized spacial score (nSPS) is 28.1. The van der Waals surface area contributed by atoms with E-state index < -0.39 is 0 Å². The van der Waals surface area contributed by atoms with Gasteiger partial charge in [0.05, 0.1) is 20.1 Å². The lowest BCUT2D eigenvalue weighted by atomic mass is 9.76. The number of hydrogen-bond donors (Lipinski definition) is 0. The van der Waals surface area contributed by atoms with Gasteiger partial charge >= 0.3 is 5.97 Å². The summed E-state index contributed by atoms with van der Waals surface area (Å²) in [5, 5.41) is 0. The first-order valence-corrected chi connectivity index (χ1v) is 6.33. The lowest BCUT2D eigenvalue weighted by Crippen LogP contribution is -2.38. The van der Waals surface area contributed by atoms with Crippen LogP contribution < -0.4 is 9.47 Å². The molecule has 3 atom stereocenters. The minimum Gasteiger partial charge on any atom is -0.493 e. The Balaban J connectivity index is 1.95. The Morgan fingerprint density at radius 1 is 1.16 bits per heavy atom. The monoisotopic (exact) mass is 260 g/mol. The van der Waals surface area contributed by atoms with Crippen molar-refractivity contribution in [3.8, 4) is 11.5 Å². The molecule has 0 aromatic heterocycles. The fraction of sp³-hybridized carbons (Fsp3) is 0.400. The quantitative estimate of drug-likeness (QED) is 0.618. The van der Waals surface area contributed by atoms with Gasteiger partial charge in [-0.1, -0.05) is 12.1 Å². The van der Waals surface area contributed by atoms with Gasteiger partial charge in [-0.25, -0.2) is 0 Å². The molecule has 0 N–H and O–H groups in total. The van der Waals surface area contributed by atoms with E-state index in [9.17, 15) is 4.79 Å².